The first-order valence-corrected chi connectivity index (χ1v) is 11.8. The minimum absolute atomic E-state index is 0.409. The maximum atomic E-state index is 6.27. The van der Waals surface area contributed by atoms with Crippen LogP contribution in [0.1, 0.15) is 5.56 Å². The van der Waals surface area contributed by atoms with Gasteiger partial charge in [0.15, 0.2) is 11.6 Å². The maximum Gasteiger partial charge on any atom is 0.161 e. The van der Waals surface area contributed by atoms with Gasteiger partial charge in [-0.3, -0.25) is 0 Å². The Kier molecular flexibility index (Phi) is 5.92. The number of nitrogens with two attached hydrogens (primary N) is 1. The van der Waals surface area contributed by atoms with Crippen molar-refractivity contribution in [2.45, 2.75) is 6.92 Å². The lowest BCUT2D eigenvalue weighted by Crippen LogP contribution is -2.47. The van der Waals surface area contributed by atoms with E-state index >= 15 is 0 Å². The molecule has 0 aliphatic carbocycles. The lowest BCUT2D eigenvalue weighted by molar-refractivity contribution is 0.393. The fraction of sp³-hybridized carbons (Fsp3) is 0.280. The van der Waals surface area contributed by atoms with Crippen LogP contribution in [0, 0.1) is 6.92 Å². The Bertz CT molecular complexity index is 1330. The Labute approximate surface area is 201 Å². The van der Waals surface area contributed by atoms with Gasteiger partial charge in [-0.25, -0.2) is 0 Å². The molecule has 1 unspecified atom stereocenters. The summed E-state index contributed by atoms with van der Waals surface area (Å²) in [5, 5.41) is 10.7. The molecule has 1 atom stereocenters. The normalized spacial score (nSPS) is 14.0. The second kappa shape index (κ2) is 9.03. The van der Waals surface area contributed by atoms with Crippen LogP contribution >= 0.6 is 9.24 Å². The first kappa shape index (κ1) is 22.3. The van der Waals surface area contributed by atoms with Gasteiger partial charge in [-0.1, -0.05) is 26.9 Å². The van der Waals surface area contributed by atoms with Crippen molar-refractivity contribution in [1.82, 2.24) is 14.8 Å². The Morgan fingerprint density at radius 1 is 0.912 bits per heavy atom. The molecule has 0 bridgehead atoms. The predicted molar refractivity (Wildman–Crippen MR) is 141 cm³/mol. The highest BCUT2D eigenvalue weighted by atomic mass is 31.0. The summed E-state index contributed by atoms with van der Waals surface area (Å²) in [7, 11) is 6.14. The first-order valence-electron chi connectivity index (χ1n) is 11.2. The monoisotopic (exact) mass is 476 g/mol. The van der Waals surface area contributed by atoms with Crippen molar-refractivity contribution >= 4 is 42.8 Å². The van der Waals surface area contributed by atoms with Crippen molar-refractivity contribution < 1.29 is 9.47 Å². The van der Waals surface area contributed by atoms with Gasteiger partial charge in [0.05, 0.1) is 30.7 Å². The smallest absolute Gasteiger partial charge is 0.161 e. The Morgan fingerprint density at radius 3 is 2.29 bits per heavy atom. The molecule has 0 radical (unpaired) electrons. The van der Waals surface area contributed by atoms with Crippen LogP contribution in [0.15, 0.2) is 48.7 Å². The average Bonchev–Trinajstić information content (AvgIpc) is 3.22. The molecule has 3 heterocycles. The van der Waals surface area contributed by atoms with E-state index in [1.165, 1.54) is 11.3 Å². The van der Waals surface area contributed by atoms with Crippen molar-refractivity contribution in [3.05, 3.63) is 54.2 Å². The van der Waals surface area contributed by atoms with Gasteiger partial charge in [-0.2, -0.15) is 0 Å². The first-order chi connectivity index (χ1) is 16.5. The fourth-order valence-electron chi connectivity index (χ4n) is 4.49. The van der Waals surface area contributed by atoms with Crippen LogP contribution in [0.3, 0.4) is 0 Å². The van der Waals surface area contributed by atoms with Gasteiger partial charge < -0.3 is 29.6 Å². The van der Waals surface area contributed by atoms with Crippen LogP contribution < -0.4 is 30.4 Å². The third-order valence-corrected chi connectivity index (χ3v) is 6.99. The minimum Gasteiger partial charge on any atom is -0.497 e. The van der Waals surface area contributed by atoms with Crippen LogP contribution in [0.25, 0.3) is 16.5 Å². The quantitative estimate of drug-likeness (QED) is 0.443. The van der Waals surface area contributed by atoms with Gasteiger partial charge in [-0.05, 0) is 31.2 Å². The minimum atomic E-state index is 0.409. The summed E-state index contributed by atoms with van der Waals surface area (Å²) in [6, 6.07) is 14.5. The molecule has 0 spiro atoms. The number of methoxy groups -OCH3 is 2. The number of hydrogen-bond acceptors (Lipinski definition) is 7. The van der Waals surface area contributed by atoms with Crippen LogP contribution in [-0.2, 0) is 0 Å². The van der Waals surface area contributed by atoms with Crippen molar-refractivity contribution in [3.8, 4) is 17.2 Å². The molecule has 2 aromatic carbocycles. The molecule has 1 saturated heterocycles. The number of benzene rings is 2. The van der Waals surface area contributed by atoms with Crippen molar-refractivity contribution in [3.63, 3.8) is 0 Å². The van der Waals surface area contributed by atoms with Crippen molar-refractivity contribution in [1.29, 1.82) is 0 Å². The number of anilines is 3. The molecule has 34 heavy (non-hydrogen) atoms. The van der Waals surface area contributed by atoms with E-state index in [1.807, 2.05) is 24.4 Å². The fourth-order valence-corrected chi connectivity index (χ4v) is 4.99. The average molecular weight is 477 g/mol. The summed E-state index contributed by atoms with van der Waals surface area (Å²) >= 11 is 0. The Balaban J connectivity index is 1.50. The number of hydrogen-bond donors (Lipinski definition) is 1. The molecule has 1 aliphatic rings. The molecule has 5 rings (SSSR count). The number of aromatic nitrogens is 3. The van der Waals surface area contributed by atoms with E-state index in [-0.39, 0.29) is 0 Å². The van der Waals surface area contributed by atoms with Gasteiger partial charge in [0.25, 0.3) is 0 Å². The zero-order valence-corrected chi connectivity index (χ0v) is 20.8. The number of rotatable bonds is 5. The van der Waals surface area contributed by atoms with Gasteiger partial charge in [0.2, 0.25) is 0 Å². The van der Waals surface area contributed by atoms with E-state index in [9.17, 15) is 0 Å². The molecular formula is C25H29N6O2P. The standard InChI is InChI=1S/C25H29N6O2P/c1-16-4-6-17(7-5-16)29-10-12-30(13-11-29)24-22-19(23(26)27-28-24)15-31(25(22)34)20-9-8-18(32-2)14-21(20)33-3/h4-9,14-15H,10-13,34H2,1-3H3,(H2,26,27). The molecule has 176 valence electrons. The van der Waals surface area contributed by atoms with Gasteiger partial charge in [-0.15, -0.1) is 10.2 Å². The largest absolute Gasteiger partial charge is 0.497 e. The number of nitrogen functional groups attached to an aromatic ring is 1. The molecule has 1 fully saturated rings. The SMILES string of the molecule is COc1ccc(-n2cc3c(N)nnc(N4CCN(c5ccc(C)cc5)CC4)c3c2P)c(OC)c1. The molecule has 0 amide bonds. The second-order valence-electron chi connectivity index (χ2n) is 8.43. The van der Waals surface area contributed by atoms with E-state index in [0.717, 1.165) is 59.6 Å². The summed E-state index contributed by atoms with van der Waals surface area (Å²) in [5.74, 6) is 2.70. The maximum absolute atomic E-state index is 6.27. The summed E-state index contributed by atoms with van der Waals surface area (Å²) in [5.41, 5.74) is 10.6. The topological polar surface area (TPSA) is 81.7 Å². The zero-order chi connectivity index (χ0) is 23.8. The summed E-state index contributed by atoms with van der Waals surface area (Å²) in [6.45, 7) is 5.64. The highest BCUT2D eigenvalue weighted by Gasteiger charge is 2.24. The van der Waals surface area contributed by atoms with Crippen LogP contribution in [0.4, 0.5) is 17.3 Å². The highest BCUT2D eigenvalue weighted by Crippen LogP contribution is 2.34. The number of piperazine rings is 1. The third-order valence-electron chi connectivity index (χ3n) is 6.42. The van der Waals surface area contributed by atoms with E-state index in [1.54, 1.807) is 14.2 Å². The number of ether oxygens (including phenoxy) is 2. The number of aryl methyl sites for hydroxylation is 1. The molecule has 1 aliphatic heterocycles. The lowest BCUT2D eigenvalue weighted by Gasteiger charge is -2.36. The number of fused-ring (bicyclic) bond motifs is 1. The number of nitrogens with zero attached hydrogens (tertiary/aromatic N) is 5. The second-order valence-corrected chi connectivity index (χ2v) is 8.98. The lowest BCUT2D eigenvalue weighted by atomic mass is 10.2. The highest BCUT2D eigenvalue weighted by molar-refractivity contribution is 7.28. The molecule has 0 saturated carbocycles. The van der Waals surface area contributed by atoms with Crippen molar-refractivity contribution in [2.75, 3.05) is 55.9 Å². The van der Waals surface area contributed by atoms with E-state index < -0.39 is 0 Å². The summed E-state index contributed by atoms with van der Waals surface area (Å²) < 4.78 is 13.1. The zero-order valence-electron chi connectivity index (χ0n) is 19.7. The van der Waals surface area contributed by atoms with Crippen molar-refractivity contribution in [2.24, 2.45) is 0 Å². The van der Waals surface area contributed by atoms with Crippen LogP contribution in [0.5, 0.6) is 11.5 Å². The third kappa shape index (κ3) is 3.88. The van der Waals surface area contributed by atoms with E-state index in [0.29, 0.717) is 11.6 Å². The predicted octanol–water partition coefficient (Wildman–Crippen LogP) is 3.16. The summed E-state index contributed by atoms with van der Waals surface area (Å²) in [6.07, 6.45) is 2.00. The van der Waals surface area contributed by atoms with Gasteiger partial charge in [0.1, 0.15) is 11.5 Å². The molecule has 2 aromatic heterocycles. The molecular weight excluding hydrogens is 447 g/mol. The molecule has 9 heteroatoms. The molecule has 2 N–H and O–H groups in total. The van der Waals surface area contributed by atoms with Gasteiger partial charge in [0, 0.05) is 49.5 Å². The van der Waals surface area contributed by atoms with Crippen LogP contribution in [0.2, 0.25) is 0 Å². The summed E-state index contributed by atoms with van der Waals surface area (Å²) in [4.78, 5) is 4.70. The van der Waals surface area contributed by atoms with Crippen LogP contribution in [-0.4, -0.2) is 55.2 Å². The van der Waals surface area contributed by atoms with E-state index in [2.05, 4.69) is 65.0 Å². The Hall–Kier alpha value is -3.51. The molecule has 4 aromatic rings. The van der Waals surface area contributed by atoms with Gasteiger partial charge >= 0.3 is 0 Å². The Morgan fingerprint density at radius 2 is 1.62 bits per heavy atom. The molecule has 8 nitrogen and oxygen atoms in total. The van der Waals surface area contributed by atoms with E-state index in [4.69, 9.17) is 15.2 Å².